The van der Waals surface area contributed by atoms with Crippen molar-refractivity contribution in [3.8, 4) is 0 Å². The first-order valence-electron chi connectivity index (χ1n) is 8.50. The van der Waals surface area contributed by atoms with Crippen molar-refractivity contribution in [2.75, 3.05) is 11.9 Å². The Kier molecular flexibility index (Phi) is 4.57. The summed E-state index contributed by atoms with van der Waals surface area (Å²) in [6.07, 6.45) is 5.96. The van der Waals surface area contributed by atoms with Crippen LogP contribution in [0.15, 0.2) is 47.8 Å². The van der Waals surface area contributed by atoms with Crippen LogP contribution >= 0.6 is 0 Å². The van der Waals surface area contributed by atoms with Gasteiger partial charge in [-0.15, -0.1) is 0 Å². The third-order valence-electron chi connectivity index (χ3n) is 4.98. The fraction of sp³-hybridized carbons (Fsp3) is 0.350. The Morgan fingerprint density at radius 2 is 2.04 bits per heavy atom. The van der Waals surface area contributed by atoms with E-state index in [-0.39, 0.29) is 11.4 Å². The standard InChI is InChI=1S/C20H24N4O/c1-14-12-20(2,3)24(4)18-6-5-15(11-17(14)18)13-22-23-19(25)16-7-9-21-10-8-16/h5-11,13-14H,12H2,1-4H3,(H,23,25)/b22-13+. The summed E-state index contributed by atoms with van der Waals surface area (Å²) in [4.78, 5) is 18.2. The molecule has 5 heteroatoms. The van der Waals surface area contributed by atoms with Crippen molar-refractivity contribution in [2.24, 2.45) is 5.10 Å². The summed E-state index contributed by atoms with van der Waals surface area (Å²) in [6.45, 7) is 6.81. The van der Waals surface area contributed by atoms with Crippen molar-refractivity contribution in [2.45, 2.75) is 38.6 Å². The Bertz CT molecular complexity index is 799. The van der Waals surface area contributed by atoms with Crippen LogP contribution in [0, 0.1) is 0 Å². The molecule has 1 aromatic carbocycles. The largest absolute Gasteiger partial charge is 0.369 e. The average Bonchev–Trinajstić information content (AvgIpc) is 2.60. The minimum Gasteiger partial charge on any atom is -0.369 e. The first-order valence-corrected chi connectivity index (χ1v) is 8.50. The molecular weight excluding hydrogens is 312 g/mol. The third-order valence-corrected chi connectivity index (χ3v) is 4.98. The Balaban J connectivity index is 1.75. The second-order valence-electron chi connectivity index (χ2n) is 7.23. The maximum Gasteiger partial charge on any atom is 0.271 e. The van der Waals surface area contributed by atoms with Crippen molar-refractivity contribution in [1.82, 2.24) is 10.4 Å². The second kappa shape index (κ2) is 6.67. The monoisotopic (exact) mass is 336 g/mol. The SMILES string of the molecule is CC1CC(C)(C)N(C)c2ccc(/C=N/NC(=O)c3ccncc3)cc21. The Morgan fingerprint density at radius 1 is 1.32 bits per heavy atom. The number of nitrogens with zero attached hydrogens (tertiary/aromatic N) is 3. The lowest BCUT2D eigenvalue weighted by Gasteiger charge is -2.45. The lowest BCUT2D eigenvalue weighted by molar-refractivity contribution is 0.0955. The normalized spacial score (nSPS) is 18.9. The molecule has 1 aromatic heterocycles. The molecule has 1 N–H and O–H groups in total. The second-order valence-corrected chi connectivity index (χ2v) is 7.23. The lowest BCUT2D eigenvalue weighted by Crippen LogP contribution is -2.45. The van der Waals surface area contributed by atoms with E-state index in [0.717, 1.165) is 12.0 Å². The fourth-order valence-corrected chi connectivity index (χ4v) is 3.41. The number of pyridine rings is 1. The minimum atomic E-state index is -0.244. The Hall–Kier alpha value is -2.69. The number of aromatic nitrogens is 1. The van der Waals surface area contributed by atoms with E-state index >= 15 is 0 Å². The molecule has 0 aliphatic carbocycles. The third kappa shape index (κ3) is 3.55. The van der Waals surface area contributed by atoms with Gasteiger partial charge in [0.1, 0.15) is 0 Å². The number of carbonyl (C=O) groups is 1. The zero-order chi connectivity index (χ0) is 18.0. The average molecular weight is 336 g/mol. The van der Waals surface area contributed by atoms with Gasteiger partial charge in [0.05, 0.1) is 6.21 Å². The topological polar surface area (TPSA) is 57.6 Å². The summed E-state index contributed by atoms with van der Waals surface area (Å²) in [6, 6.07) is 9.64. The van der Waals surface area contributed by atoms with E-state index in [4.69, 9.17) is 0 Å². The van der Waals surface area contributed by atoms with Gasteiger partial charge in [0.2, 0.25) is 0 Å². The van der Waals surface area contributed by atoms with Crippen LogP contribution in [0.25, 0.3) is 0 Å². The van der Waals surface area contributed by atoms with Gasteiger partial charge in [-0.2, -0.15) is 5.10 Å². The maximum absolute atomic E-state index is 12.0. The van der Waals surface area contributed by atoms with Gasteiger partial charge in [0.25, 0.3) is 5.91 Å². The van der Waals surface area contributed by atoms with Gasteiger partial charge >= 0.3 is 0 Å². The molecular formula is C20H24N4O. The molecule has 3 rings (SSSR count). The molecule has 1 atom stereocenters. The van der Waals surface area contributed by atoms with Gasteiger partial charge in [-0.1, -0.05) is 13.0 Å². The fourth-order valence-electron chi connectivity index (χ4n) is 3.41. The number of fused-ring (bicyclic) bond motifs is 1. The van der Waals surface area contributed by atoms with Gasteiger partial charge in [-0.25, -0.2) is 5.43 Å². The summed E-state index contributed by atoms with van der Waals surface area (Å²) in [5.74, 6) is 0.243. The van der Waals surface area contributed by atoms with Crippen molar-refractivity contribution in [3.05, 3.63) is 59.4 Å². The van der Waals surface area contributed by atoms with Gasteiger partial charge in [-0.05, 0) is 61.6 Å². The quantitative estimate of drug-likeness (QED) is 0.688. The molecule has 0 saturated carbocycles. The van der Waals surface area contributed by atoms with Crippen LogP contribution in [0.1, 0.15) is 54.6 Å². The molecule has 0 bridgehead atoms. The number of anilines is 1. The number of benzene rings is 1. The summed E-state index contributed by atoms with van der Waals surface area (Å²) in [7, 11) is 2.15. The van der Waals surface area contributed by atoms with Gasteiger partial charge < -0.3 is 4.90 Å². The van der Waals surface area contributed by atoms with E-state index in [2.05, 4.69) is 60.4 Å². The molecule has 5 nitrogen and oxygen atoms in total. The van der Waals surface area contributed by atoms with E-state index in [0.29, 0.717) is 11.5 Å². The minimum absolute atomic E-state index is 0.153. The highest BCUT2D eigenvalue weighted by atomic mass is 16.2. The van der Waals surface area contributed by atoms with Crippen LogP contribution in [0.2, 0.25) is 0 Å². The van der Waals surface area contributed by atoms with E-state index in [1.165, 1.54) is 11.3 Å². The maximum atomic E-state index is 12.0. The number of rotatable bonds is 3. The van der Waals surface area contributed by atoms with Crippen molar-refractivity contribution >= 4 is 17.8 Å². The van der Waals surface area contributed by atoms with Crippen LogP contribution in [0.4, 0.5) is 5.69 Å². The number of nitrogens with one attached hydrogen (secondary N) is 1. The molecule has 2 aromatic rings. The van der Waals surface area contributed by atoms with Crippen LogP contribution in [0.5, 0.6) is 0 Å². The van der Waals surface area contributed by atoms with E-state index < -0.39 is 0 Å². The van der Waals surface area contributed by atoms with E-state index in [1.807, 2.05) is 6.07 Å². The summed E-state index contributed by atoms with van der Waals surface area (Å²) >= 11 is 0. The van der Waals surface area contributed by atoms with Crippen LogP contribution in [-0.2, 0) is 0 Å². The highest BCUT2D eigenvalue weighted by molar-refractivity contribution is 5.94. The predicted molar refractivity (Wildman–Crippen MR) is 101 cm³/mol. The van der Waals surface area contributed by atoms with Crippen molar-refractivity contribution in [3.63, 3.8) is 0 Å². The highest BCUT2D eigenvalue weighted by Gasteiger charge is 2.33. The molecule has 130 valence electrons. The van der Waals surface area contributed by atoms with Gasteiger partial charge in [-0.3, -0.25) is 9.78 Å². The molecule has 1 unspecified atom stereocenters. The molecule has 0 radical (unpaired) electrons. The van der Waals surface area contributed by atoms with Crippen LogP contribution in [0.3, 0.4) is 0 Å². The Morgan fingerprint density at radius 3 is 2.76 bits per heavy atom. The summed E-state index contributed by atoms with van der Waals surface area (Å²) in [5, 5.41) is 4.08. The first kappa shape index (κ1) is 17.1. The zero-order valence-electron chi connectivity index (χ0n) is 15.2. The molecule has 1 amide bonds. The number of amides is 1. The van der Waals surface area contributed by atoms with E-state index in [9.17, 15) is 4.79 Å². The molecule has 0 saturated heterocycles. The lowest BCUT2D eigenvalue weighted by atomic mass is 9.80. The molecule has 0 spiro atoms. The first-order chi connectivity index (χ1) is 11.9. The van der Waals surface area contributed by atoms with Gasteiger partial charge in [0.15, 0.2) is 0 Å². The zero-order valence-corrected chi connectivity index (χ0v) is 15.2. The van der Waals surface area contributed by atoms with Crippen molar-refractivity contribution < 1.29 is 4.79 Å². The molecule has 2 heterocycles. The predicted octanol–water partition coefficient (Wildman–Crippen LogP) is 3.57. The van der Waals surface area contributed by atoms with Crippen LogP contribution < -0.4 is 10.3 Å². The molecule has 0 fully saturated rings. The molecule has 1 aliphatic rings. The van der Waals surface area contributed by atoms with E-state index in [1.54, 1.807) is 30.7 Å². The highest BCUT2D eigenvalue weighted by Crippen LogP contribution is 2.42. The number of carbonyl (C=O) groups excluding carboxylic acids is 1. The summed E-state index contributed by atoms with van der Waals surface area (Å²) < 4.78 is 0. The molecule has 1 aliphatic heterocycles. The Labute approximate surface area is 148 Å². The summed E-state index contributed by atoms with van der Waals surface area (Å²) in [5.41, 5.74) is 6.81. The van der Waals surface area contributed by atoms with Gasteiger partial charge in [0, 0.05) is 36.2 Å². The molecule has 25 heavy (non-hydrogen) atoms. The van der Waals surface area contributed by atoms with Crippen molar-refractivity contribution in [1.29, 1.82) is 0 Å². The number of hydrogen-bond acceptors (Lipinski definition) is 4. The smallest absolute Gasteiger partial charge is 0.271 e. The number of hydrogen-bond donors (Lipinski definition) is 1. The van der Waals surface area contributed by atoms with Crippen LogP contribution in [-0.4, -0.2) is 29.7 Å². The number of hydrazone groups is 1.